The minimum absolute atomic E-state index is 0.227. The van der Waals surface area contributed by atoms with Crippen molar-refractivity contribution in [2.75, 3.05) is 6.54 Å². The Balaban J connectivity index is 2.02. The summed E-state index contributed by atoms with van der Waals surface area (Å²) in [6.07, 6.45) is 1.01. The Labute approximate surface area is 89.3 Å². The smallest absolute Gasteiger partial charge is 0.104 e. The molecule has 74 valence electrons. The maximum atomic E-state index is 9.22. The van der Waals surface area contributed by atoms with Crippen molar-refractivity contribution in [2.45, 2.75) is 13.3 Å². The number of nitrogens with zero attached hydrogens (tertiary/aromatic N) is 2. The van der Waals surface area contributed by atoms with Gasteiger partial charge in [-0.1, -0.05) is 29.8 Å². The summed E-state index contributed by atoms with van der Waals surface area (Å²) in [7, 11) is 0. The summed E-state index contributed by atoms with van der Waals surface area (Å²) in [6.45, 7) is 2.91. The van der Waals surface area contributed by atoms with Gasteiger partial charge in [-0.05, 0) is 18.9 Å². The number of rotatable bonds is 1. The highest BCUT2D eigenvalue weighted by atomic mass is 14.9. The van der Waals surface area contributed by atoms with E-state index in [9.17, 15) is 5.26 Å². The van der Waals surface area contributed by atoms with Gasteiger partial charge in [0.05, 0.1) is 11.8 Å². The zero-order valence-corrected chi connectivity index (χ0v) is 8.70. The molecule has 0 spiro atoms. The number of fused-ring (bicyclic) bond motifs is 1. The fourth-order valence-electron chi connectivity index (χ4n) is 2.43. The minimum atomic E-state index is -0.227. The predicted molar refractivity (Wildman–Crippen MR) is 58.7 cm³/mol. The van der Waals surface area contributed by atoms with Gasteiger partial charge in [0.1, 0.15) is 5.41 Å². The van der Waals surface area contributed by atoms with Gasteiger partial charge in [-0.15, -0.1) is 0 Å². The van der Waals surface area contributed by atoms with Crippen molar-refractivity contribution in [1.82, 2.24) is 0 Å². The molecule has 1 aliphatic heterocycles. The lowest BCUT2D eigenvalue weighted by molar-refractivity contribution is 0.802. The lowest BCUT2D eigenvalue weighted by atomic mass is 9.94. The molecule has 0 aromatic heterocycles. The maximum Gasteiger partial charge on any atom is 0.104 e. The van der Waals surface area contributed by atoms with Gasteiger partial charge in [0, 0.05) is 12.5 Å². The molecule has 0 N–H and O–H groups in total. The van der Waals surface area contributed by atoms with Gasteiger partial charge in [0.25, 0.3) is 0 Å². The van der Waals surface area contributed by atoms with E-state index in [1.807, 2.05) is 0 Å². The average molecular weight is 196 g/mol. The van der Waals surface area contributed by atoms with Crippen LogP contribution in [0.5, 0.6) is 0 Å². The van der Waals surface area contributed by atoms with E-state index in [2.05, 4.69) is 42.3 Å². The highest BCUT2D eigenvalue weighted by Crippen LogP contribution is 2.58. The van der Waals surface area contributed by atoms with Crippen LogP contribution in [-0.4, -0.2) is 12.3 Å². The summed E-state index contributed by atoms with van der Waals surface area (Å²) in [5.74, 6) is 0.499. The van der Waals surface area contributed by atoms with Gasteiger partial charge in [-0.3, -0.25) is 4.99 Å². The van der Waals surface area contributed by atoms with Crippen molar-refractivity contribution in [1.29, 1.82) is 5.26 Å². The number of aliphatic imine (C=N–C) groups is 1. The molecule has 2 aliphatic rings. The van der Waals surface area contributed by atoms with E-state index in [0.717, 1.165) is 24.2 Å². The Morgan fingerprint density at radius 2 is 2.13 bits per heavy atom. The summed E-state index contributed by atoms with van der Waals surface area (Å²) in [5, 5.41) is 9.22. The van der Waals surface area contributed by atoms with Crippen molar-refractivity contribution < 1.29 is 0 Å². The molecule has 2 atom stereocenters. The topological polar surface area (TPSA) is 36.1 Å². The fraction of sp³-hybridized carbons (Fsp3) is 0.385. The molecule has 1 heterocycles. The SMILES string of the molecule is Cc1ccc(C2=NC[C@@H]3C[C@]23C#N)cc1. The Kier molecular flexibility index (Phi) is 1.56. The number of aryl methyl sites for hydroxylation is 1. The molecule has 1 fully saturated rings. The second-order valence-corrected chi connectivity index (χ2v) is 4.54. The molecule has 0 unspecified atom stereocenters. The summed E-state index contributed by atoms with van der Waals surface area (Å²) >= 11 is 0. The normalized spacial score (nSPS) is 31.7. The van der Waals surface area contributed by atoms with Crippen molar-refractivity contribution in [3.8, 4) is 6.07 Å². The molecule has 15 heavy (non-hydrogen) atoms. The molecule has 3 rings (SSSR count). The summed E-state index contributed by atoms with van der Waals surface area (Å²) in [5.41, 5.74) is 3.17. The molecular formula is C13H12N2. The Morgan fingerprint density at radius 1 is 1.40 bits per heavy atom. The third-order valence-electron chi connectivity index (χ3n) is 3.52. The van der Waals surface area contributed by atoms with Gasteiger partial charge in [-0.2, -0.15) is 5.26 Å². The number of benzene rings is 1. The van der Waals surface area contributed by atoms with Crippen molar-refractivity contribution >= 4 is 5.71 Å². The number of hydrogen-bond donors (Lipinski definition) is 0. The van der Waals surface area contributed by atoms with E-state index in [0.29, 0.717) is 5.92 Å². The van der Waals surface area contributed by atoms with Crippen LogP contribution in [0.2, 0.25) is 0 Å². The summed E-state index contributed by atoms with van der Waals surface area (Å²) < 4.78 is 0. The highest BCUT2D eigenvalue weighted by Gasteiger charge is 2.61. The van der Waals surface area contributed by atoms with Crippen LogP contribution in [0.25, 0.3) is 0 Å². The Morgan fingerprint density at radius 3 is 2.73 bits per heavy atom. The van der Waals surface area contributed by atoms with Crippen LogP contribution < -0.4 is 0 Å². The van der Waals surface area contributed by atoms with Gasteiger partial charge in [-0.25, -0.2) is 0 Å². The molecular weight excluding hydrogens is 184 g/mol. The molecule has 0 radical (unpaired) electrons. The third-order valence-corrected chi connectivity index (χ3v) is 3.52. The lowest BCUT2D eigenvalue weighted by Crippen LogP contribution is -2.13. The van der Waals surface area contributed by atoms with E-state index in [1.54, 1.807) is 0 Å². The van der Waals surface area contributed by atoms with Crippen LogP contribution in [0, 0.1) is 29.6 Å². The molecule has 2 nitrogen and oxygen atoms in total. The second-order valence-electron chi connectivity index (χ2n) is 4.54. The monoisotopic (exact) mass is 196 g/mol. The maximum absolute atomic E-state index is 9.22. The van der Waals surface area contributed by atoms with Crippen molar-refractivity contribution in [3.63, 3.8) is 0 Å². The molecule has 1 saturated carbocycles. The Hall–Kier alpha value is -1.62. The van der Waals surface area contributed by atoms with Crippen molar-refractivity contribution in [2.24, 2.45) is 16.3 Å². The Bertz CT molecular complexity index is 478. The average Bonchev–Trinajstić information content (AvgIpc) is 2.88. The van der Waals surface area contributed by atoms with Gasteiger partial charge in [0.2, 0.25) is 0 Å². The summed E-state index contributed by atoms with van der Waals surface area (Å²) in [6, 6.07) is 10.8. The van der Waals surface area contributed by atoms with Crippen molar-refractivity contribution in [3.05, 3.63) is 35.4 Å². The minimum Gasteiger partial charge on any atom is -0.287 e. The fourth-order valence-corrected chi connectivity index (χ4v) is 2.43. The zero-order valence-electron chi connectivity index (χ0n) is 8.70. The first-order chi connectivity index (χ1) is 7.26. The van der Waals surface area contributed by atoms with E-state index >= 15 is 0 Å². The van der Waals surface area contributed by atoms with Crippen LogP contribution in [0.1, 0.15) is 17.5 Å². The summed E-state index contributed by atoms with van der Waals surface area (Å²) in [4.78, 5) is 4.50. The number of hydrogen-bond acceptors (Lipinski definition) is 2. The number of nitriles is 1. The first-order valence-corrected chi connectivity index (χ1v) is 5.29. The van der Waals surface area contributed by atoms with Crippen LogP contribution in [-0.2, 0) is 0 Å². The van der Waals surface area contributed by atoms with Crippen LogP contribution in [0.3, 0.4) is 0 Å². The standard InChI is InChI=1S/C13H12N2/c1-9-2-4-10(5-3-9)12-13(8-14)6-11(13)7-15-12/h2-5,11H,6-7H2,1H3/t11-,13+/m0/s1. The molecule has 0 saturated heterocycles. The highest BCUT2D eigenvalue weighted by molar-refractivity contribution is 6.10. The molecule has 1 aliphatic carbocycles. The quantitative estimate of drug-likeness (QED) is 0.679. The molecule has 2 heteroatoms. The molecule has 1 aromatic rings. The van der Waals surface area contributed by atoms with Crippen LogP contribution >= 0.6 is 0 Å². The van der Waals surface area contributed by atoms with E-state index < -0.39 is 0 Å². The van der Waals surface area contributed by atoms with E-state index in [4.69, 9.17) is 0 Å². The largest absolute Gasteiger partial charge is 0.287 e. The van der Waals surface area contributed by atoms with E-state index in [1.165, 1.54) is 5.56 Å². The van der Waals surface area contributed by atoms with E-state index in [-0.39, 0.29) is 5.41 Å². The second kappa shape index (κ2) is 2.70. The first kappa shape index (κ1) is 8.67. The zero-order chi connectivity index (χ0) is 10.5. The van der Waals surface area contributed by atoms with Crippen LogP contribution in [0.4, 0.5) is 0 Å². The van der Waals surface area contributed by atoms with Gasteiger partial charge < -0.3 is 0 Å². The van der Waals surface area contributed by atoms with Crippen LogP contribution in [0.15, 0.2) is 29.3 Å². The van der Waals surface area contributed by atoms with Gasteiger partial charge in [0.15, 0.2) is 0 Å². The molecule has 0 bridgehead atoms. The first-order valence-electron chi connectivity index (χ1n) is 5.29. The lowest BCUT2D eigenvalue weighted by Gasteiger charge is -2.07. The molecule has 1 aromatic carbocycles. The van der Waals surface area contributed by atoms with Gasteiger partial charge >= 0.3 is 0 Å². The molecule has 0 amide bonds. The third kappa shape index (κ3) is 1.07. The predicted octanol–water partition coefficient (Wildman–Crippen LogP) is 2.33.